The van der Waals surface area contributed by atoms with Gasteiger partial charge in [0, 0.05) is 18.0 Å². The van der Waals surface area contributed by atoms with Crippen molar-refractivity contribution < 1.29 is 9.90 Å². The van der Waals surface area contributed by atoms with E-state index in [2.05, 4.69) is 11.8 Å². The van der Waals surface area contributed by atoms with Gasteiger partial charge in [0.2, 0.25) is 0 Å². The lowest BCUT2D eigenvalue weighted by atomic mass is 9.70. The van der Waals surface area contributed by atoms with E-state index in [9.17, 15) is 4.79 Å². The largest absolute Gasteiger partial charge is 0.395 e. The van der Waals surface area contributed by atoms with E-state index in [1.165, 1.54) is 6.42 Å². The Morgan fingerprint density at radius 1 is 1.62 bits per heavy atom. The lowest BCUT2D eigenvalue weighted by Crippen LogP contribution is -2.44. The van der Waals surface area contributed by atoms with Crippen LogP contribution in [-0.4, -0.2) is 42.5 Å². The molecule has 0 saturated heterocycles. The van der Waals surface area contributed by atoms with Gasteiger partial charge in [-0.15, -0.1) is 0 Å². The van der Waals surface area contributed by atoms with Crippen molar-refractivity contribution in [1.82, 2.24) is 4.90 Å². The quantitative estimate of drug-likeness (QED) is 0.727. The van der Waals surface area contributed by atoms with E-state index < -0.39 is 0 Å². The minimum absolute atomic E-state index is 0.133. The van der Waals surface area contributed by atoms with Crippen molar-refractivity contribution in [3.05, 3.63) is 0 Å². The molecule has 3 atom stereocenters. The number of likely N-dealkylation sites (N-methyl/N-ethyl adjacent to an activating group) is 1. The van der Waals surface area contributed by atoms with Crippen molar-refractivity contribution in [2.24, 2.45) is 11.3 Å². The molecule has 3 heteroatoms. The van der Waals surface area contributed by atoms with Crippen LogP contribution >= 0.6 is 0 Å². The van der Waals surface area contributed by atoms with Gasteiger partial charge < -0.3 is 14.8 Å². The first kappa shape index (κ1) is 13.7. The summed E-state index contributed by atoms with van der Waals surface area (Å²) in [5.41, 5.74) is -0.171. The zero-order valence-corrected chi connectivity index (χ0v) is 10.8. The summed E-state index contributed by atoms with van der Waals surface area (Å²) in [6.45, 7) is 5.15. The first-order valence-corrected chi connectivity index (χ1v) is 6.30. The molecule has 1 N–H and O–H groups in total. The highest BCUT2D eigenvalue weighted by Crippen LogP contribution is 2.38. The third-order valence-corrected chi connectivity index (χ3v) is 3.96. The smallest absolute Gasteiger partial charge is 0.127 e. The van der Waals surface area contributed by atoms with Crippen LogP contribution in [0.3, 0.4) is 0 Å². The summed E-state index contributed by atoms with van der Waals surface area (Å²) in [4.78, 5) is 13.5. The average Bonchev–Trinajstić information content (AvgIpc) is 2.27. The van der Waals surface area contributed by atoms with Gasteiger partial charge in [-0.1, -0.05) is 19.8 Å². The summed E-state index contributed by atoms with van der Waals surface area (Å²) < 4.78 is 0. The monoisotopic (exact) mass is 227 g/mol. The molecule has 0 heterocycles. The van der Waals surface area contributed by atoms with E-state index in [4.69, 9.17) is 5.11 Å². The van der Waals surface area contributed by atoms with Gasteiger partial charge >= 0.3 is 0 Å². The molecule has 0 radical (unpaired) electrons. The van der Waals surface area contributed by atoms with Crippen molar-refractivity contribution in [3.8, 4) is 0 Å². The first-order chi connectivity index (χ1) is 7.53. The van der Waals surface area contributed by atoms with Gasteiger partial charge in [0.15, 0.2) is 0 Å². The number of carbonyl (C=O) groups is 1. The molecule has 0 aromatic heterocycles. The van der Waals surface area contributed by atoms with Crippen molar-refractivity contribution >= 4 is 6.29 Å². The molecule has 0 aliphatic heterocycles. The predicted molar refractivity (Wildman–Crippen MR) is 65.3 cm³/mol. The Hall–Kier alpha value is -0.410. The van der Waals surface area contributed by atoms with Gasteiger partial charge in [0.05, 0.1) is 6.61 Å². The molecule has 1 fully saturated rings. The Morgan fingerprint density at radius 2 is 2.31 bits per heavy atom. The SMILES string of the molecule is CC1CCCC(C=O)(CN(C)C(C)CO)C1. The van der Waals surface area contributed by atoms with Crippen LogP contribution in [0.1, 0.15) is 39.5 Å². The highest BCUT2D eigenvalue weighted by atomic mass is 16.3. The Labute approximate surface area is 98.8 Å². The number of aliphatic hydroxyl groups is 1. The van der Waals surface area contributed by atoms with Gasteiger partial charge in [-0.05, 0) is 32.7 Å². The van der Waals surface area contributed by atoms with Gasteiger partial charge in [-0.3, -0.25) is 0 Å². The number of nitrogens with zero attached hydrogens (tertiary/aromatic N) is 1. The summed E-state index contributed by atoms with van der Waals surface area (Å²) in [5.74, 6) is 0.650. The zero-order valence-electron chi connectivity index (χ0n) is 10.8. The van der Waals surface area contributed by atoms with Crippen molar-refractivity contribution in [1.29, 1.82) is 0 Å². The van der Waals surface area contributed by atoms with Crippen molar-refractivity contribution in [3.63, 3.8) is 0 Å². The standard InChI is InChI=1S/C13H25NO2/c1-11-5-4-6-13(7-11,10-16)9-14(3)12(2)8-15/h10-12,15H,4-9H2,1-3H3. The van der Waals surface area contributed by atoms with Crippen LogP contribution in [0.15, 0.2) is 0 Å². The Kier molecular flexibility index (Phi) is 4.93. The molecule has 0 spiro atoms. The van der Waals surface area contributed by atoms with Crippen LogP contribution < -0.4 is 0 Å². The molecule has 3 nitrogen and oxygen atoms in total. The molecule has 1 saturated carbocycles. The van der Waals surface area contributed by atoms with Crippen LogP contribution in [0.5, 0.6) is 0 Å². The van der Waals surface area contributed by atoms with Crippen LogP contribution in [0, 0.1) is 11.3 Å². The number of hydrogen-bond acceptors (Lipinski definition) is 3. The Morgan fingerprint density at radius 3 is 2.81 bits per heavy atom. The molecule has 3 unspecified atom stereocenters. The minimum Gasteiger partial charge on any atom is -0.395 e. The fourth-order valence-electron chi connectivity index (χ4n) is 2.78. The maximum atomic E-state index is 11.4. The van der Waals surface area contributed by atoms with E-state index in [0.29, 0.717) is 5.92 Å². The van der Waals surface area contributed by atoms with Gasteiger partial charge in [-0.25, -0.2) is 0 Å². The maximum Gasteiger partial charge on any atom is 0.127 e. The topological polar surface area (TPSA) is 40.5 Å². The van der Waals surface area contributed by atoms with E-state index in [1.807, 2.05) is 14.0 Å². The second-order valence-electron chi connectivity index (χ2n) is 5.63. The summed E-state index contributed by atoms with van der Waals surface area (Å²) in [6, 6.07) is 0.133. The Balaban J connectivity index is 2.62. The van der Waals surface area contributed by atoms with Crippen molar-refractivity contribution in [2.45, 2.75) is 45.6 Å². The lowest BCUT2D eigenvalue weighted by Gasteiger charge is -2.39. The van der Waals surface area contributed by atoms with E-state index in [-0.39, 0.29) is 18.1 Å². The molecular formula is C13H25NO2. The molecule has 0 aromatic rings. The average molecular weight is 227 g/mol. The molecule has 16 heavy (non-hydrogen) atoms. The number of rotatable bonds is 5. The summed E-state index contributed by atoms with van der Waals surface area (Å²) in [7, 11) is 1.99. The molecular weight excluding hydrogens is 202 g/mol. The molecule has 0 amide bonds. The number of hydrogen-bond donors (Lipinski definition) is 1. The van der Waals surface area contributed by atoms with Gasteiger partial charge in [0.25, 0.3) is 0 Å². The lowest BCUT2D eigenvalue weighted by molar-refractivity contribution is -0.120. The fraction of sp³-hybridized carbons (Fsp3) is 0.923. The van der Waals surface area contributed by atoms with Crippen LogP contribution in [0.4, 0.5) is 0 Å². The van der Waals surface area contributed by atoms with Crippen LogP contribution in [0.25, 0.3) is 0 Å². The Bertz CT molecular complexity index is 232. The number of aliphatic hydroxyl groups excluding tert-OH is 1. The molecule has 94 valence electrons. The molecule has 1 rings (SSSR count). The maximum absolute atomic E-state index is 11.4. The van der Waals surface area contributed by atoms with E-state index in [1.54, 1.807) is 0 Å². The van der Waals surface area contributed by atoms with E-state index in [0.717, 1.165) is 32.1 Å². The van der Waals surface area contributed by atoms with Gasteiger partial charge in [0.1, 0.15) is 6.29 Å². The molecule has 1 aliphatic carbocycles. The van der Waals surface area contributed by atoms with Crippen LogP contribution in [0.2, 0.25) is 0 Å². The number of carbonyl (C=O) groups excluding carboxylic acids is 1. The second kappa shape index (κ2) is 5.78. The number of aldehydes is 1. The predicted octanol–water partition coefficient (Wildman–Crippen LogP) is 1.69. The third-order valence-electron chi connectivity index (χ3n) is 3.96. The summed E-state index contributed by atoms with van der Waals surface area (Å²) >= 11 is 0. The van der Waals surface area contributed by atoms with E-state index >= 15 is 0 Å². The van der Waals surface area contributed by atoms with Crippen LogP contribution in [-0.2, 0) is 4.79 Å². The normalized spacial score (nSPS) is 32.7. The third kappa shape index (κ3) is 3.29. The van der Waals surface area contributed by atoms with Gasteiger partial charge in [-0.2, -0.15) is 0 Å². The molecule has 0 bridgehead atoms. The molecule has 1 aliphatic rings. The summed E-state index contributed by atoms with van der Waals surface area (Å²) in [5, 5.41) is 9.11. The fourth-order valence-corrected chi connectivity index (χ4v) is 2.78. The first-order valence-electron chi connectivity index (χ1n) is 6.30. The highest BCUT2D eigenvalue weighted by molar-refractivity contribution is 5.60. The van der Waals surface area contributed by atoms with Crippen molar-refractivity contribution in [2.75, 3.05) is 20.2 Å². The zero-order chi connectivity index (χ0) is 12.2. The summed E-state index contributed by atoms with van der Waals surface area (Å²) in [6.07, 6.45) is 5.56. The molecule has 0 aromatic carbocycles. The minimum atomic E-state index is -0.171. The second-order valence-corrected chi connectivity index (χ2v) is 5.63. The highest BCUT2D eigenvalue weighted by Gasteiger charge is 2.36.